The third kappa shape index (κ3) is 2.34. The number of benzene rings is 2. The maximum Gasteiger partial charge on any atom is 0.124 e. The van der Waals surface area contributed by atoms with Gasteiger partial charge in [-0.15, -0.1) is 0 Å². The van der Waals surface area contributed by atoms with Gasteiger partial charge in [-0.05, 0) is 24.1 Å². The normalized spacial score (nSPS) is 12.8. The van der Waals surface area contributed by atoms with Crippen molar-refractivity contribution in [2.75, 3.05) is 7.11 Å². The van der Waals surface area contributed by atoms with E-state index >= 15 is 0 Å². The lowest BCUT2D eigenvalue weighted by Gasteiger charge is -2.11. The number of ether oxygens (including phenoxy) is 2. The molecule has 0 fully saturated rings. The van der Waals surface area contributed by atoms with Gasteiger partial charge in [0.2, 0.25) is 0 Å². The molecule has 1 aliphatic rings. The SMILES string of the molecule is COC1=CCc2c(OCc3ccccc3)cccc21. The van der Waals surface area contributed by atoms with Crippen LogP contribution in [0.2, 0.25) is 0 Å². The Bertz CT molecular complexity index is 600. The highest BCUT2D eigenvalue weighted by Gasteiger charge is 2.18. The van der Waals surface area contributed by atoms with E-state index < -0.39 is 0 Å². The summed E-state index contributed by atoms with van der Waals surface area (Å²) in [6.45, 7) is 0.597. The Morgan fingerprint density at radius 2 is 1.84 bits per heavy atom. The highest BCUT2D eigenvalue weighted by atomic mass is 16.5. The van der Waals surface area contributed by atoms with E-state index in [1.54, 1.807) is 7.11 Å². The quantitative estimate of drug-likeness (QED) is 0.823. The highest BCUT2D eigenvalue weighted by Crippen LogP contribution is 2.34. The van der Waals surface area contributed by atoms with Crippen LogP contribution in [-0.4, -0.2) is 7.11 Å². The Labute approximate surface area is 113 Å². The van der Waals surface area contributed by atoms with Crippen molar-refractivity contribution < 1.29 is 9.47 Å². The van der Waals surface area contributed by atoms with Crippen LogP contribution >= 0.6 is 0 Å². The van der Waals surface area contributed by atoms with Crippen molar-refractivity contribution in [1.82, 2.24) is 0 Å². The van der Waals surface area contributed by atoms with Gasteiger partial charge >= 0.3 is 0 Å². The molecule has 19 heavy (non-hydrogen) atoms. The Morgan fingerprint density at radius 3 is 2.63 bits per heavy atom. The number of allylic oxidation sites excluding steroid dienone is 1. The van der Waals surface area contributed by atoms with Crippen molar-refractivity contribution in [2.24, 2.45) is 0 Å². The van der Waals surface area contributed by atoms with Crippen molar-refractivity contribution in [2.45, 2.75) is 13.0 Å². The van der Waals surface area contributed by atoms with Gasteiger partial charge in [-0.3, -0.25) is 0 Å². The fourth-order valence-electron chi connectivity index (χ4n) is 2.38. The van der Waals surface area contributed by atoms with Crippen LogP contribution in [0.15, 0.2) is 54.6 Å². The Morgan fingerprint density at radius 1 is 1.00 bits per heavy atom. The van der Waals surface area contributed by atoms with Crippen molar-refractivity contribution >= 4 is 5.76 Å². The topological polar surface area (TPSA) is 18.5 Å². The van der Waals surface area contributed by atoms with Crippen LogP contribution in [0.4, 0.5) is 0 Å². The van der Waals surface area contributed by atoms with E-state index in [1.807, 2.05) is 30.3 Å². The monoisotopic (exact) mass is 252 g/mol. The first-order chi connectivity index (χ1) is 9.38. The summed E-state index contributed by atoms with van der Waals surface area (Å²) in [4.78, 5) is 0. The van der Waals surface area contributed by atoms with E-state index in [-0.39, 0.29) is 0 Å². The van der Waals surface area contributed by atoms with E-state index in [2.05, 4.69) is 24.3 Å². The molecule has 96 valence electrons. The van der Waals surface area contributed by atoms with E-state index in [0.717, 1.165) is 23.5 Å². The third-order valence-corrected chi connectivity index (χ3v) is 3.35. The summed E-state index contributed by atoms with van der Waals surface area (Å²) in [6.07, 6.45) is 2.98. The van der Waals surface area contributed by atoms with Gasteiger partial charge in [-0.25, -0.2) is 0 Å². The molecule has 0 bridgehead atoms. The molecular formula is C17H16O2. The average molecular weight is 252 g/mol. The molecule has 0 saturated heterocycles. The largest absolute Gasteiger partial charge is 0.496 e. The van der Waals surface area contributed by atoms with E-state index in [9.17, 15) is 0 Å². The number of fused-ring (bicyclic) bond motifs is 1. The molecule has 2 nitrogen and oxygen atoms in total. The fraction of sp³-hybridized carbons (Fsp3) is 0.176. The first-order valence-electron chi connectivity index (χ1n) is 6.41. The number of rotatable bonds is 4. The zero-order valence-electron chi connectivity index (χ0n) is 10.9. The lowest BCUT2D eigenvalue weighted by Crippen LogP contribution is -1.98. The molecule has 0 spiro atoms. The molecule has 2 aromatic rings. The van der Waals surface area contributed by atoms with Gasteiger partial charge in [0.15, 0.2) is 0 Å². The predicted molar refractivity (Wildman–Crippen MR) is 75.9 cm³/mol. The van der Waals surface area contributed by atoms with Gasteiger partial charge in [-0.2, -0.15) is 0 Å². The highest BCUT2D eigenvalue weighted by molar-refractivity contribution is 5.70. The molecule has 2 heteroatoms. The summed E-state index contributed by atoms with van der Waals surface area (Å²) < 4.78 is 11.3. The third-order valence-electron chi connectivity index (χ3n) is 3.35. The average Bonchev–Trinajstić information content (AvgIpc) is 2.90. The van der Waals surface area contributed by atoms with Crippen molar-refractivity contribution in [3.63, 3.8) is 0 Å². The van der Waals surface area contributed by atoms with Crippen LogP contribution < -0.4 is 4.74 Å². The fourth-order valence-corrected chi connectivity index (χ4v) is 2.38. The van der Waals surface area contributed by atoms with Crippen LogP contribution in [0, 0.1) is 0 Å². The Hall–Kier alpha value is -2.22. The molecule has 0 saturated carbocycles. The van der Waals surface area contributed by atoms with Crippen molar-refractivity contribution in [3.05, 3.63) is 71.3 Å². The maximum atomic E-state index is 5.94. The van der Waals surface area contributed by atoms with Crippen LogP contribution in [0.3, 0.4) is 0 Å². The van der Waals surface area contributed by atoms with Gasteiger partial charge in [0.25, 0.3) is 0 Å². The Balaban J connectivity index is 1.79. The second kappa shape index (κ2) is 5.19. The van der Waals surface area contributed by atoms with Crippen LogP contribution in [-0.2, 0) is 17.8 Å². The minimum atomic E-state index is 0.597. The number of hydrogen-bond donors (Lipinski definition) is 0. The molecule has 3 rings (SSSR count). The molecule has 0 aromatic heterocycles. The summed E-state index contributed by atoms with van der Waals surface area (Å²) in [5.74, 6) is 1.89. The van der Waals surface area contributed by atoms with Crippen LogP contribution in [0.1, 0.15) is 16.7 Å². The molecule has 0 atom stereocenters. The summed E-state index contributed by atoms with van der Waals surface area (Å²) in [5.41, 5.74) is 3.54. The molecule has 0 N–H and O–H groups in total. The van der Waals surface area contributed by atoms with Gasteiger partial charge in [0.05, 0.1) is 7.11 Å². The molecule has 1 aliphatic carbocycles. The molecule has 0 radical (unpaired) electrons. The second-order valence-corrected chi connectivity index (χ2v) is 4.53. The zero-order chi connectivity index (χ0) is 13.1. The lowest BCUT2D eigenvalue weighted by atomic mass is 10.1. The maximum absolute atomic E-state index is 5.94. The van der Waals surface area contributed by atoms with Crippen LogP contribution in [0.5, 0.6) is 5.75 Å². The van der Waals surface area contributed by atoms with E-state index in [4.69, 9.17) is 9.47 Å². The zero-order valence-corrected chi connectivity index (χ0v) is 10.9. The first-order valence-corrected chi connectivity index (χ1v) is 6.41. The lowest BCUT2D eigenvalue weighted by molar-refractivity contribution is 0.303. The van der Waals surface area contributed by atoms with Gasteiger partial charge in [-0.1, -0.05) is 42.5 Å². The number of hydrogen-bond acceptors (Lipinski definition) is 2. The molecular weight excluding hydrogens is 236 g/mol. The molecule has 0 aliphatic heterocycles. The van der Waals surface area contributed by atoms with E-state index in [0.29, 0.717) is 6.61 Å². The summed E-state index contributed by atoms with van der Waals surface area (Å²) in [5, 5.41) is 0. The summed E-state index contributed by atoms with van der Waals surface area (Å²) in [6, 6.07) is 16.3. The molecule has 2 aromatic carbocycles. The smallest absolute Gasteiger partial charge is 0.124 e. The predicted octanol–water partition coefficient (Wildman–Crippen LogP) is 3.81. The minimum Gasteiger partial charge on any atom is -0.496 e. The first kappa shape index (κ1) is 11.8. The molecule has 0 heterocycles. The van der Waals surface area contributed by atoms with Gasteiger partial charge < -0.3 is 9.47 Å². The molecule has 0 amide bonds. The van der Waals surface area contributed by atoms with Gasteiger partial charge in [0.1, 0.15) is 18.1 Å². The van der Waals surface area contributed by atoms with Gasteiger partial charge in [0, 0.05) is 11.1 Å². The van der Waals surface area contributed by atoms with Crippen molar-refractivity contribution in [1.29, 1.82) is 0 Å². The summed E-state index contributed by atoms with van der Waals surface area (Å²) >= 11 is 0. The standard InChI is InChI=1S/C17H16O2/c1-18-16-11-10-15-14(16)8-5-9-17(15)19-12-13-6-3-2-4-7-13/h2-9,11H,10,12H2,1H3. The molecule has 0 unspecified atom stereocenters. The Kier molecular flexibility index (Phi) is 3.23. The second-order valence-electron chi connectivity index (χ2n) is 4.53. The number of methoxy groups -OCH3 is 1. The van der Waals surface area contributed by atoms with E-state index in [1.165, 1.54) is 11.1 Å². The van der Waals surface area contributed by atoms with Crippen LogP contribution in [0.25, 0.3) is 5.76 Å². The summed E-state index contributed by atoms with van der Waals surface area (Å²) in [7, 11) is 1.71. The van der Waals surface area contributed by atoms with Crippen molar-refractivity contribution in [3.8, 4) is 5.75 Å². The minimum absolute atomic E-state index is 0.597.